The zero-order chi connectivity index (χ0) is 15.2. The molecule has 0 fully saturated rings. The Balaban J connectivity index is 1.88. The van der Waals surface area contributed by atoms with Crippen LogP contribution in [0, 0.1) is 11.6 Å². The van der Waals surface area contributed by atoms with Crippen LogP contribution in [0.2, 0.25) is 0 Å². The van der Waals surface area contributed by atoms with Crippen LogP contribution < -0.4 is 5.73 Å². The van der Waals surface area contributed by atoms with E-state index in [1.54, 1.807) is 30.3 Å². The Kier molecular flexibility index (Phi) is 5.42. The van der Waals surface area contributed by atoms with Crippen molar-refractivity contribution < 1.29 is 8.78 Å². The van der Waals surface area contributed by atoms with Gasteiger partial charge in [-0.2, -0.15) is 0 Å². The number of nitrogens with two attached hydrogens (primary N) is 1. The highest BCUT2D eigenvalue weighted by molar-refractivity contribution is 5.21. The van der Waals surface area contributed by atoms with Gasteiger partial charge in [0.05, 0.1) is 0 Å². The predicted molar refractivity (Wildman–Crippen MR) is 80.7 cm³/mol. The Morgan fingerprint density at radius 1 is 1.00 bits per heavy atom. The van der Waals surface area contributed by atoms with Crippen molar-refractivity contribution in [3.63, 3.8) is 0 Å². The number of hydrogen-bond acceptors (Lipinski definition) is 2. The van der Waals surface area contributed by atoms with E-state index in [-0.39, 0.29) is 17.7 Å². The van der Waals surface area contributed by atoms with Crippen molar-refractivity contribution in [2.75, 3.05) is 13.6 Å². The fraction of sp³-hybridized carbons (Fsp3) is 0.294. The maximum atomic E-state index is 13.6. The van der Waals surface area contributed by atoms with Gasteiger partial charge in [-0.05, 0) is 32.1 Å². The lowest BCUT2D eigenvalue weighted by Gasteiger charge is -2.20. The SMILES string of the molecule is CN(CCC(N)c1ccccc1F)Cc1ccccc1F. The summed E-state index contributed by atoms with van der Waals surface area (Å²) >= 11 is 0. The molecule has 2 rings (SSSR count). The summed E-state index contributed by atoms with van der Waals surface area (Å²) in [6.45, 7) is 1.18. The van der Waals surface area contributed by atoms with E-state index in [4.69, 9.17) is 5.73 Å². The van der Waals surface area contributed by atoms with Crippen LogP contribution in [0.4, 0.5) is 8.78 Å². The lowest BCUT2D eigenvalue weighted by molar-refractivity contribution is 0.305. The molecule has 112 valence electrons. The van der Waals surface area contributed by atoms with Gasteiger partial charge in [0.25, 0.3) is 0 Å². The fourth-order valence-corrected chi connectivity index (χ4v) is 2.29. The minimum absolute atomic E-state index is 0.206. The minimum atomic E-state index is -0.353. The first-order valence-electron chi connectivity index (χ1n) is 7.00. The highest BCUT2D eigenvalue weighted by Crippen LogP contribution is 2.18. The lowest BCUT2D eigenvalue weighted by atomic mass is 10.0. The molecule has 21 heavy (non-hydrogen) atoms. The third-order valence-corrected chi connectivity index (χ3v) is 3.52. The number of benzene rings is 2. The van der Waals surface area contributed by atoms with Gasteiger partial charge in [-0.25, -0.2) is 8.78 Å². The summed E-state index contributed by atoms with van der Waals surface area (Å²) in [5, 5.41) is 0. The Morgan fingerprint density at radius 3 is 2.29 bits per heavy atom. The third-order valence-electron chi connectivity index (χ3n) is 3.52. The van der Waals surface area contributed by atoms with Gasteiger partial charge in [-0.1, -0.05) is 36.4 Å². The Morgan fingerprint density at radius 2 is 1.62 bits per heavy atom. The first-order valence-corrected chi connectivity index (χ1v) is 7.00. The van der Waals surface area contributed by atoms with Crippen LogP contribution in [0.5, 0.6) is 0 Å². The zero-order valence-corrected chi connectivity index (χ0v) is 12.1. The van der Waals surface area contributed by atoms with Crippen molar-refractivity contribution in [2.45, 2.75) is 19.0 Å². The lowest BCUT2D eigenvalue weighted by Crippen LogP contribution is -2.24. The topological polar surface area (TPSA) is 29.3 Å². The van der Waals surface area contributed by atoms with Crippen molar-refractivity contribution >= 4 is 0 Å². The number of halogens is 2. The first-order chi connectivity index (χ1) is 10.1. The van der Waals surface area contributed by atoms with Gasteiger partial charge in [-0.3, -0.25) is 0 Å². The largest absolute Gasteiger partial charge is 0.324 e. The molecule has 1 atom stereocenters. The molecule has 1 unspecified atom stereocenters. The van der Waals surface area contributed by atoms with E-state index in [2.05, 4.69) is 0 Å². The first kappa shape index (κ1) is 15.6. The average molecular weight is 290 g/mol. The molecule has 2 aromatic carbocycles. The molecule has 0 aliphatic rings. The van der Waals surface area contributed by atoms with E-state index in [0.29, 0.717) is 30.6 Å². The standard InChI is InChI=1S/C17H20F2N2/c1-21(12-13-6-2-4-8-15(13)18)11-10-17(20)14-7-3-5-9-16(14)19/h2-9,17H,10-12,20H2,1H3. The molecule has 0 amide bonds. The Hall–Kier alpha value is -1.78. The van der Waals surface area contributed by atoms with E-state index in [9.17, 15) is 8.78 Å². The zero-order valence-electron chi connectivity index (χ0n) is 12.1. The van der Waals surface area contributed by atoms with Crippen LogP contribution in [0.1, 0.15) is 23.6 Å². The smallest absolute Gasteiger partial charge is 0.127 e. The molecule has 2 nitrogen and oxygen atoms in total. The van der Waals surface area contributed by atoms with E-state index in [1.807, 2.05) is 18.0 Å². The van der Waals surface area contributed by atoms with Gasteiger partial charge in [0.15, 0.2) is 0 Å². The Bertz CT molecular complexity index is 587. The van der Waals surface area contributed by atoms with E-state index < -0.39 is 0 Å². The normalized spacial score (nSPS) is 12.6. The molecule has 0 aliphatic heterocycles. The number of hydrogen-bond donors (Lipinski definition) is 1. The van der Waals surface area contributed by atoms with E-state index in [0.717, 1.165) is 0 Å². The molecule has 2 N–H and O–H groups in total. The van der Waals surface area contributed by atoms with Crippen molar-refractivity contribution in [3.05, 3.63) is 71.3 Å². The van der Waals surface area contributed by atoms with Gasteiger partial charge in [-0.15, -0.1) is 0 Å². The predicted octanol–water partition coefficient (Wildman–Crippen LogP) is 3.49. The monoisotopic (exact) mass is 290 g/mol. The molecule has 0 aromatic heterocycles. The summed E-state index contributed by atoms with van der Waals surface area (Å²) in [6, 6.07) is 12.9. The van der Waals surface area contributed by atoms with Crippen LogP contribution in [-0.4, -0.2) is 18.5 Å². The van der Waals surface area contributed by atoms with Crippen molar-refractivity contribution in [3.8, 4) is 0 Å². The second-order valence-electron chi connectivity index (χ2n) is 5.25. The van der Waals surface area contributed by atoms with Gasteiger partial charge < -0.3 is 10.6 Å². The molecule has 0 radical (unpaired) electrons. The minimum Gasteiger partial charge on any atom is -0.324 e. The summed E-state index contributed by atoms with van der Waals surface area (Å²) in [6.07, 6.45) is 0.617. The maximum Gasteiger partial charge on any atom is 0.127 e. The van der Waals surface area contributed by atoms with Crippen LogP contribution >= 0.6 is 0 Å². The number of nitrogens with zero attached hydrogens (tertiary/aromatic N) is 1. The number of rotatable bonds is 6. The summed E-state index contributed by atoms with van der Waals surface area (Å²) in [5.74, 6) is -0.482. The Labute approximate surface area is 124 Å². The van der Waals surface area contributed by atoms with Crippen LogP contribution in [0.25, 0.3) is 0 Å². The van der Waals surface area contributed by atoms with Crippen molar-refractivity contribution in [1.82, 2.24) is 4.90 Å². The second kappa shape index (κ2) is 7.29. The highest BCUT2D eigenvalue weighted by Gasteiger charge is 2.12. The summed E-state index contributed by atoms with van der Waals surface area (Å²) in [7, 11) is 1.90. The molecule has 4 heteroatoms. The molecular weight excluding hydrogens is 270 g/mol. The molecule has 2 aromatic rings. The fourth-order valence-electron chi connectivity index (χ4n) is 2.29. The molecule has 0 bridgehead atoms. The van der Waals surface area contributed by atoms with Crippen molar-refractivity contribution in [2.24, 2.45) is 5.73 Å². The molecule has 0 heterocycles. The third kappa shape index (κ3) is 4.34. The van der Waals surface area contributed by atoms with Gasteiger partial charge in [0, 0.05) is 23.7 Å². The second-order valence-corrected chi connectivity index (χ2v) is 5.25. The van der Waals surface area contributed by atoms with Crippen LogP contribution in [-0.2, 0) is 6.54 Å². The highest BCUT2D eigenvalue weighted by atomic mass is 19.1. The summed E-state index contributed by atoms with van der Waals surface area (Å²) in [5.41, 5.74) is 7.20. The molecule has 0 saturated carbocycles. The molecule has 0 saturated heterocycles. The maximum absolute atomic E-state index is 13.6. The summed E-state index contributed by atoms with van der Waals surface area (Å²) in [4.78, 5) is 1.99. The van der Waals surface area contributed by atoms with Gasteiger partial charge in [0.1, 0.15) is 11.6 Å². The quantitative estimate of drug-likeness (QED) is 0.882. The van der Waals surface area contributed by atoms with Crippen LogP contribution in [0.15, 0.2) is 48.5 Å². The van der Waals surface area contributed by atoms with Crippen molar-refractivity contribution in [1.29, 1.82) is 0 Å². The average Bonchev–Trinajstić information content (AvgIpc) is 2.48. The molecule has 0 aliphatic carbocycles. The van der Waals surface area contributed by atoms with Gasteiger partial charge in [0.2, 0.25) is 0 Å². The van der Waals surface area contributed by atoms with Gasteiger partial charge >= 0.3 is 0 Å². The molecular formula is C17H20F2N2. The van der Waals surface area contributed by atoms with Crippen LogP contribution in [0.3, 0.4) is 0 Å². The van der Waals surface area contributed by atoms with E-state index >= 15 is 0 Å². The molecule has 0 spiro atoms. The summed E-state index contributed by atoms with van der Waals surface area (Å²) < 4.78 is 27.2. The van der Waals surface area contributed by atoms with E-state index in [1.165, 1.54) is 12.1 Å².